The molecule has 1 aromatic heterocycles. The molecule has 0 unspecified atom stereocenters. The van der Waals surface area contributed by atoms with Gasteiger partial charge in [-0.2, -0.15) is 4.31 Å². The van der Waals surface area contributed by atoms with Crippen LogP contribution in [0.5, 0.6) is 0 Å². The molecule has 158 valence electrons. The maximum atomic E-state index is 13.0. The highest BCUT2D eigenvalue weighted by molar-refractivity contribution is 9.10. The standard InChI is InChI=1S/C19H15BrCl2N2O5S/c20-17-11-10-15(19(25)26)29-14(11)5-4-13(17)23-6-8-24(9-7-23)30(27,28)16-3-1-2-12(21)18(16)22/h1-5,10H,6-9H2,(H,25,26). The Labute approximate surface area is 190 Å². The fourth-order valence-corrected chi connectivity index (χ4v) is 6.26. The average molecular weight is 534 g/mol. The molecule has 0 radical (unpaired) electrons. The summed E-state index contributed by atoms with van der Waals surface area (Å²) < 4.78 is 33.4. The number of carbonyl (C=O) groups is 1. The van der Waals surface area contributed by atoms with Crippen molar-refractivity contribution in [2.75, 3.05) is 31.1 Å². The van der Waals surface area contributed by atoms with E-state index in [0.717, 1.165) is 5.69 Å². The molecular formula is C19H15BrCl2N2O5S. The van der Waals surface area contributed by atoms with E-state index in [1.165, 1.54) is 16.4 Å². The van der Waals surface area contributed by atoms with E-state index in [4.69, 9.17) is 32.7 Å². The van der Waals surface area contributed by atoms with Gasteiger partial charge in [-0.25, -0.2) is 13.2 Å². The molecule has 1 aliphatic heterocycles. The van der Waals surface area contributed by atoms with E-state index in [-0.39, 0.29) is 33.8 Å². The topological polar surface area (TPSA) is 91.1 Å². The Balaban J connectivity index is 1.57. The molecule has 0 saturated carbocycles. The fraction of sp³-hybridized carbons (Fsp3) is 0.211. The van der Waals surface area contributed by atoms with Crippen LogP contribution < -0.4 is 4.90 Å². The molecule has 30 heavy (non-hydrogen) atoms. The normalized spacial score (nSPS) is 15.6. The number of carboxylic acids is 1. The van der Waals surface area contributed by atoms with Gasteiger partial charge in [-0.05, 0) is 40.2 Å². The minimum atomic E-state index is -3.77. The lowest BCUT2D eigenvalue weighted by Crippen LogP contribution is -2.48. The average Bonchev–Trinajstić information content (AvgIpc) is 3.16. The van der Waals surface area contributed by atoms with E-state index >= 15 is 0 Å². The van der Waals surface area contributed by atoms with Crippen molar-refractivity contribution in [1.29, 1.82) is 0 Å². The first-order valence-electron chi connectivity index (χ1n) is 8.84. The van der Waals surface area contributed by atoms with E-state index in [1.807, 2.05) is 11.0 Å². The quantitative estimate of drug-likeness (QED) is 0.522. The summed E-state index contributed by atoms with van der Waals surface area (Å²) >= 11 is 15.6. The van der Waals surface area contributed by atoms with Gasteiger partial charge < -0.3 is 14.4 Å². The first-order chi connectivity index (χ1) is 14.2. The molecule has 0 bridgehead atoms. The molecule has 0 spiro atoms. The van der Waals surface area contributed by atoms with Crippen LogP contribution in [0.1, 0.15) is 10.6 Å². The number of carboxylic acid groups (broad SMARTS) is 1. The fourth-order valence-electron chi connectivity index (χ4n) is 3.41. The number of furan rings is 1. The summed E-state index contributed by atoms with van der Waals surface area (Å²) in [5.74, 6) is -1.28. The zero-order valence-electron chi connectivity index (χ0n) is 15.3. The molecule has 7 nitrogen and oxygen atoms in total. The summed E-state index contributed by atoms with van der Waals surface area (Å²) in [6.45, 7) is 1.43. The summed E-state index contributed by atoms with van der Waals surface area (Å²) in [5, 5.41) is 9.98. The smallest absolute Gasteiger partial charge is 0.371 e. The van der Waals surface area contributed by atoms with Gasteiger partial charge in [0.05, 0.1) is 20.2 Å². The summed E-state index contributed by atoms with van der Waals surface area (Å²) in [6.07, 6.45) is 0. The zero-order chi connectivity index (χ0) is 21.6. The van der Waals surface area contributed by atoms with Gasteiger partial charge in [-0.3, -0.25) is 0 Å². The third-order valence-electron chi connectivity index (χ3n) is 4.94. The van der Waals surface area contributed by atoms with Crippen LogP contribution in [0.2, 0.25) is 10.0 Å². The van der Waals surface area contributed by atoms with Crippen molar-refractivity contribution in [1.82, 2.24) is 4.31 Å². The van der Waals surface area contributed by atoms with Crippen molar-refractivity contribution in [3.8, 4) is 0 Å². The third-order valence-corrected chi connectivity index (χ3v) is 8.64. The van der Waals surface area contributed by atoms with Gasteiger partial charge in [0.1, 0.15) is 10.5 Å². The van der Waals surface area contributed by atoms with Gasteiger partial charge in [0.25, 0.3) is 0 Å². The third kappa shape index (κ3) is 3.69. The van der Waals surface area contributed by atoms with E-state index in [1.54, 1.807) is 18.2 Å². The van der Waals surface area contributed by atoms with Crippen molar-refractivity contribution >= 4 is 71.8 Å². The van der Waals surface area contributed by atoms with Crippen molar-refractivity contribution in [3.63, 3.8) is 0 Å². The number of aromatic carboxylic acids is 1. The minimum Gasteiger partial charge on any atom is -0.475 e. The summed E-state index contributed by atoms with van der Waals surface area (Å²) in [4.78, 5) is 13.2. The second kappa shape index (κ2) is 8.05. The second-order valence-electron chi connectivity index (χ2n) is 6.67. The van der Waals surface area contributed by atoms with Crippen molar-refractivity contribution < 1.29 is 22.7 Å². The molecule has 1 saturated heterocycles. The molecule has 2 aromatic carbocycles. The van der Waals surface area contributed by atoms with Gasteiger partial charge in [-0.15, -0.1) is 0 Å². The lowest BCUT2D eigenvalue weighted by molar-refractivity contribution is 0.0665. The van der Waals surface area contributed by atoms with Crippen LogP contribution in [0.4, 0.5) is 5.69 Å². The molecular weight excluding hydrogens is 519 g/mol. The molecule has 1 aliphatic rings. The zero-order valence-corrected chi connectivity index (χ0v) is 19.2. The number of hydrogen-bond donors (Lipinski definition) is 1. The van der Waals surface area contributed by atoms with Gasteiger partial charge in [0.2, 0.25) is 15.8 Å². The summed E-state index contributed by atoms with van der Waals surface area (Å²) in [6, 6.07) is 9.53. The number of nitrogens with zero attached hydrogens (tertiary/aromatic N) is 2. The maximum Gasteiger partial charge on any atom is 0.371 e. The van der Waals surface area contributed by atoms with Crippen molar-refractivity contribution in [2.24, 2.45) is 0 Å². The lowest BCUT2D eigenvalue weighted by Gasteiger charge is -2.36. The van der Waals surface area contributed by atoms with E-state index in [9.17, 15) is 13.2 Å². The number of benzene rings is 2. The van der Waals surface area contributed by atoms with Gasteiger partial charge >= 0.3 is 5.97 Å². The lowest BCUT2D eigenvalue weighted by atomic mass is 10.2. The van der Waals surface area contributed by atoms with Crippen LogP contribution in [0.3, 0.4) is 0 Å². The molecule has 0 amide bonds. The molecule has 4 rings (SSSR count). The number of hydrogen-bond acceptors (Lipinski definition) is 5. The van der Waals surface area contributed by atoms with E-state index < -0.39 is 16.0 Å². The first-order valence-corrected chi connectivity index (χ1v) is 11.8. The highest BCUT2D eigenvalue weighted by Crippen LogP contribution is 2.37. The van der Waals surface area contributed by atoms with Crippen LogP contribution in [0, 0.1) is 0 Å². The Morgan fingerprint density at radius 3 is 2.47 bits per heavy atom. The van der Waals surface area contributed by atoms with Gasteiger partial charge in [0.15, 0.2) is 0 Å². The Hall–Kier alpha value is -1.78. The molecule has 2 heterocycles. The Kier molecular flexibility index (Phi) is 5.75. The van der Waals surface area contributed by atoms with Crippen LogP contribution >= 0.6 is 39.1 Å². The minimum absolute atomic E-state index is 0.00712. The predicted molar refractivity (Wildman–Crippen MR) is 118 cm³/mol. The van der Waals surface area contributed by atoms with E-state index in [2.05, 4.69) is 15.9 Å². The number of anilines is 1. The number of piperazine rings is 1. The van der Waals surface area contributed by atoms with Crippen LogP contribution in [-0.2, 0) is 10.0 Å². The molecule has 1 N–H and O–H groups in total. The molecule has 0 atom stereocenters. The number of sulfonamides is 1. The van der Waals surface area contributed by atoms with Gasteiger partial charge in [0, 0.05) is 37.6 Å². The highest BCUT2D eigenvalue weighted by atomic mass is 79.9. The monoisotopic (exact) mass is 532 g/mol. The number of fused-ring (bicyclic) bond motifs is 1. The maximum absolute atomic E-state index is 13.0. The molecule has 11 heteroatoms. The molecule has 1 fully saturated rings. The van der Waals surface area contributed by atoms with Crippen molar-refractivity contribution in [2.45, 2.75) is 4.90 Å². The summed E-state index contributed by atoms with van der Waals surface area (Å²) in [5.41, 5.74) is 1.29. The predicted octanol–water partition coefficient (Wildman–Crippen LogP) is 4.71. The second-order valence-corrected chi connectivity index (χ2v) is 10.2. The Morgan fingerprint density at radius 1 is 1.10 bits per heavy atom. The van der Waals surface area contributed by atoms with Gasteiger partial charge in [-0.1, -0.05) is 29.3 Å². The van der Waals surface area contributed by atoms with Crippen LogP contribution in [0.15, 0.2) is 50.2 Å². The number of rotatable bonds is 4. The highest BCUT2D eigenvalue weighted by Gasteiger charge is 2.31. The summed E-state index contributed by atoms with van der Waals surface area (Å²) in [7, 11) is -3.77. The van der Waals surface area contributed by atoms with E-state index in [0.29, 0.717) is 28.5 Å². The molecule has 3 aromatic rings. The van der Waals surface area contributed by atoms with Crippen LogP contribution in [0.25, 0.3) is 11.0 Å². The Morgan fingerprint density at radius 2 is 1.80 bits per heavy atom. The van der Waals surface area contributed by atoms with Crippen LogP contribution in [-0.4, -0.2) is 50.0 Å². The first kappa shape index (κ1) is 21.5. The molecule has 0 aliphatic carbocycles. The Bertz CT molecular complexity index is 1250. The number of halogens is 3. The van der Waals surface area contributed by atoms with Crippen molar-refractivity contribution in [3.05, 3.63) is 56.7 Å². The SMILES string of the molecule is O=C(O)c1cc2c(Br)c(N3CCN(S(=O)(=O)c4cccc(Cl)c4Cl)CC3)ccc2o1. The largest absolute Gasteiger partial charge is 0.475 e.